The molecule has 0 rings (SSSR count). The number of aliphatic hydroxyl groups excluding tert-OH is 2. The predicted octanol–water partition coefficient (Wildman–Crippen LogP) is -2.21. The third kappa shape index (κ3) is 17.8. The number of aliphatic hydroxyl groups is 2. The monoisotopic (exact) mass is 197 g/mol. The molecule has 0 amide bonds. The molecule has 0 saturated heterocycles. The minimum atomic E-state index is 0.139. The van der Waals surface area contributed by atoms with E-state index in [0.29, 0.717) is 13.1 Å². The molecule has 9 heavy (non-hydrogen) atoms. The van der Waals surface area contributed by atoms with Crippen LogP contribution in [0, 0.1) is 0 Å². The molecule has 0 fully saturated rings. The van der Waals surface area contributed by atoms with E-state index < -0.39 is 0 Å². The zero-order chi connectivity index (χ0) is 7.54. The van der Waals surface area contributed by atoms with E-state index in [2.05, 4.69) is 5.32 Å². The van der Waals surface area contributed by atoms with Crippen molar-refractivity contribution in [2.75, 3.05) is 26.3 Å². The van der Waals surface area contributed by atoms with Gasteiger partial charge in [-0.3, -0.25) is 0 Å². The van der Waals surface area contributed by atoms with E-state index in [-0.39, 0.29) is 13.2 Å². The Balaban J connectivity index is 0. The van der Waals surface area contributed by atoms with Gasteiger partial charge in [0.1, 0.15) is 0 Å². The van der Waals surface area contributed by atoms with Crippen molar-refractivity contribution < 1.29 is 14.0 Å². The number of hydrogen-bond donors (Lipinski definition) is 3. The van der Waals surface area contributed by atoms with Gasteiger partial charge >= 0.3 is 20.5 Å². The van der Waals surface area contributed by atoms with Gasteiger partial charge in [0.15, 0.2) is 0 Å². The molecule has 0 radical (unpaired) electrons. The zero-order valence-corrected chi connectivity index (χ0v) is 7.23. The van der Waals surface area contributed by atoms with Gasteiger partial charge in [-0.25, -0.2) is 0 Å². The van der Waals surface area contributed by atoms with Crippen LogP contribution in [0.4, 0.5) is 0 Å². The normalized spacial score (nSPS) is 7.78. The second kappa shape index (κ2) is 15.7. The standard InChI is InChI=1S/C4H11NO2.AsHO/c6-3-1-5-2-4-7;1-2/h5-7H,1-4H2;1H. The Morgan fingerprint density at radius 1 is 1.11 bits per heavy atom. The molecule has 0 aliphatic heterocycles. The molecule has 0 aromatic carbocycles. The van der Waals surface area contributed by atoms with E-state index in [1.165, 1.54) is 0 Å². The van der Waals surface area contributed by atoms with E-state index in [9.17, 15) is 0 Å². The average molecular weight is 197 g/mol. The van der Waals surface area contributed by atoms with Gasteiger partial charge in [-0.1, -0.05) is 0 Å². The summed E-state index contributed by atoms with van der Waals surface area (Å²) in [6.45, 7) is 1.42. The average Bonchev–Trinajstić information content (AvgIpc) is 1.94. The molecule has 0 aliphatic rings. The van der Waals surface area contributed by atoms with E-state index in [4.69, 9.17) is 14.0 Å². The van der Waals surface area contributed by atoms with E-state index in [1.54, 1.807) is 0 Å². The van der Waals surface area contributed by atoms with Crippen molar-refractivity contribution in [1.29, 1.82) is 0 Å². The molecule has 0 aromatic heterocycles. The molecule has 0 aliphatic carbocycles. The van der Waals surface area contributed by atoms with Gasteiger partial charge in [0.2, 0.25) is 0 Å². The number of nitrogens with one attached hydrogen (secondary N) is 1. The van der Waals surface area contributed by atoms with Crippen molar-refractivity contribution >= 4 is 16.8 Å². The van der Waals surface area contributed by atoms with Crippen LogP contribution in [-0.4, -0.2) is 53.3 Å². The van der Waals surface area contributed by atoms with Gasteiger partial charge in [-0.05, 0) is 0 Å². The molecule has 0 atom stereocenters. The minimum Gasteiger partial charge on any atom is -0.395 e. The van der Waals surface area contributed by atoms with Crippen molar-refractivity contribution in [2.24, 2.45) is 0 Å². The Bertz CT molecular complexity index is 42.8. The van der Waals surface area contributed by atoms with Gasteiger partial charge in [-0.15, -0.1) is 0 Å². The molecule has 4 nitrogen and oxygen atoms in total. The Labute approximate surface area is 63.0 Å². The predicted molar refractivity (Wildman–Crippen MR) is 34.9 cm³/mol. The topological polar surface area (TPSA) is 69.6 Å². The van der Waals surface area contributed by atoms with Crippen molar-refractivity contribution in [3.8, 4) is 0 Å². The molecule has 0 unspecified atom stereocenters. The van der Waals surface area contributed by atoms with E-state index in [1.807, 2.05) is 0 Å². The Hall–Kier alpha value is 0.238. The molecule has 56 valence electrons. The fraction of sp³-hybridized carbons (Fsp3) is 1.00. The maximum absolute atomic E-state index is 8.25. The third-order valence-corrected chi connectivity index (χ3v) is 0.577. The van der Waals surface area contributed by atoms with Crippen LogP contribution in [0.25, 0.3) is 0 Å². The second-order valence-corrected chi connectivity index (χ2v) is 1.20. The first-order valence-electron chi connectivity index (χ1n) is 2.54. The van der Waals surface area contributed by atoms with Gasteiger partial charge < -0.3 is 15.5 Å². The summed E-state index contributed by atoms with van der Waals surface area (Å²) in [6, 6.07) is 0. The Morgan fingerprint density at radius 2 is 1.44 bits per heavy atom. The molecule has 5 heteroatoms. The summed E-state index contributed by atoms with van der Waals surface area (Å²) < 4.78 is 8.25. The summed E-state index contributed by atoms with van der Waals surface area (Å²) in [5.74, 6) is 0. The molecule has 0 spiro atoms. The van der Waals surface area contributed by atoms with Gasteiger partial charge in [0.25, 0.3) is 0 Å². The van der Waals surface area contributed by atoms with Crippen molar-refractivity contribution in [1.82, 2.24) is 5.32 Å². The minimum absolute atomic E-state index is 0.139. The summed E-state index contributed by atoms with van der Waals surface area (Å²) in [4.78, 5) is 0. The largest absolute Gasteiger partial charge is 0.395 e. The number of rotatable bonds is 4. The first kappa shape index (κ1) is 12.0. The molecule has 0 heterocycles. The molecular formula is C4H12AsNO3. The molecular weight excluding hydrogens is 185 g/mol. The smallest absolute Gasteiger partial charge is 0.0555 e. The van der Waals surface area contributed by atoms with Crippen LogP contribution in [-0.2, 0) is 3.74 Å². The van der Waals surface area contributed by atoms with Crippen LogP contribution < -0.4 is 5.32 Å². The maximum Gasteiger partial charge on any atom is 0.0555 e. The van der Waals surface area contributed by atoms with Crippen molar-refractivity contribution in [3.05, 3.63) is 0 Å². The van der Waals surface area contributed by atoms with Crippen LogP contribution in [0.3, 0.4) is 0 Å². The summed E-state index contributed by atoms with van der Waals surface area (Å²) in [6.07, 6.45) is 0. The fourth-order valence-electron chi connectivity index (χ4n) is 0.283. The van der Waals surface area contributed by atoms with Crippen LogP contribution in [0.15, 0.2) is 0 Å². The van der Waals surface area contributed by atoms with Crippen molar-refractivity contribution in [2.45, 2.75) is 0 Å². The zero-order valence-electron chi connectivity index (χ0n) is 5.13. The third-order valence-electron chi connectivity index (χ3n) is 0.577. The maximum atomic E-state index is 8.25. The molecule has 3 N–H and O–H groups in total. The molecule has 0 saturated carbocycles. The van der Waals surface area contributed by atoms with Crippen LogP contribution in [0.1, 0.15) is 0 Å². The van der Waals surface area contributed by atoms with Crippen LogP contribution >= 0.6 is 0 Å². The SMILES string of the molecule is O=[AsH].OCCNCCO. The summed E-state index contributed by atoms with van der Waals surface area (Å²) in [5.41, 5.74) is 0. The molecule has 0 bridgehead atoms. The van der Waals surface area contributed by atoms with Crippen LogP contribution in [0.5, 0.6) is 0 Å². The summed E-state index contributed by atoms with van der Waals surface area (Å²) in [5, 5.41) is 19.1. The quantitative estimate of drug-likeness (QED) is 0.353. The van der Waals surface area contributed by atoms with Crippen molar-refractivity contribution in [3.63, 3.8) is 0 Å². The summed E-state index contributed by atoms with van der Waals surface area (Å²) >= 11 is 0.750. The first-order valence-corrected chi connectivity index (χ1v) is 3.40. The first-order chi connectivity index (χ1) is 4.41. The Kier molecular flexibility index (Phi) is 20.9. The van der Waals surface area contributed by atoms with Gasteiger partial charge in [0.05, 0.1) is 13.2 Å². The van der Waals surface area contributed by atoms with Gasteiger partial charge in [-0.2, -0.15) is 0 Å². The molecule has 0 aromatic rings. The number of hydrogen-bond acceptors (Lipinski definition) is 4. The van der Waals surface area contributed by atoms with Crippen LogP contribution in [0.2, 0.25) is 0 Å². The Morgan fingerprint density at radius 3 is 1.67 bits per heavy atom. The van der Waals surface area contributed by atoms with Gasteiger partial charge in [0, 0.05) is 13.1 Å². The summed E-state index contributed by atoms with van der Waals surface area (Å²) in [7, 11) is 0. The van der Waals surface area contributed by atoms with E-state index >= 15 is 0 Å². The van der Waals surface area contributed by atoms with E-state index in [0.717, 1.165) is 16.8 Å². The fourth-order valence-corrected chi connectivity index (χ4v) is 0.283. The second-order valence-electron chi connectivity index (χ2n) is 1.20.